The van der Waals surface area contributed by atoms with Gasteiger partial charge in [0.2, 0.25) is 5.91 Å². The van der Waals surface area contributed by atoms with Gasteiger partial charge in [0.15, 0.2) is 0 Å². The van der Waals surface area contributed by atoms with Crippen molar-refractivity contribution in [2.75, 3.05) is 13.1 Å². The fraction of sp³-hybridized carbons (Fsp3) is 0.235. The van der Waals surface area contributed by atoms with E-state index in [0.29, 0.717) is 35.2 Å². The van der Waals surface area contributed by atoms with Crippen molar-refractivity contribution in [2.45, 2.75) is 13.5 Å². The predicted octanol–water partition coefficient (Wildman–Crippen LogP) is 3.17. The van der Waals surface area contributed by atoms with Crippen LogP contribution in [0.3, 0.4) is 0 Å². The maximum Gasteiger partial charge on any atom is 0.251 e. The van der Waals surface area contributed by atoms with E-state index in [-0.39, 0.29) is 11.8 Å². The zero-order valence-corrected chi connectivity index (χ0v) is 14.6. The SMILES string of the molecule is CC(=O)N(CCNC(=O)c1ccc(Cl)c(Cl)c1)Cc1ccncc1. The second kappa shape index (κ2) is 8.66. The first-order valence-electron chi connectivity index (χ1n) is 7.35. The molecule has 0 saturated carbocycles. The molecule has 0 unspecified atom stereocenters. The Morgan fingerprint density at radius 1 is 1.12 bits per heavy atom. The highest BCUT2D eigenvalue weighted by Crippen LogP contribution is 2.22. The Kier molecular flexibility index (Phi) is 6.58. The average molecular weight is 366 g/mol. The number of aromatic nitrogens is 1. The zero-order valence-electron chi connectivity index (χ0n) is 13.1. The van der Waals surface area contributed by atoms with Crippen LogP contribution in [0.4, 0.5) is 0 Å². The van der Waals surface area contributed by atoms with Crippen molar-refractivity contribution in [2.24, 2.45) is 0 Å². The lowest BCUT2D eigenvalue weighted by Crippen LogP contribution is -2.37. The van der Waals surface area contributed by atoms with Gasteiger partial charge in [0.1, 0.15) is 0 Å². The van der Waals surface area contributed by atoms with Crippen LogP contribution in [0.15, 0.2) is 42.7 Å². The summed E-state index contributed by atoms with van der Waals surface area (Å²) in [5, 5.41) is 3.49. The minimum atomic E-state index is -0.263. The quantitative estimate of drug-likeness (QED) is 0.854. The molecule has 2 rings (SSSR count). The number of pyridine rings is 1. The minimum absolute atomic E-state index is 0.0596. The Hall–Kier alpha value is -2.11. The molecule has 5 nitrogen and oxygen atoms in total. The summed E-state index contributed by atoms with van der Waals surface area (Å²) in [4.78, 5) is 29.4. The number of amides is 2. The van der Waals surface area contributed by atoms with E-state index in [0.717, 1.165) is 5.56 Å². The molecular weight excluding hydrogens is 349 g/mol. The third-order valence-corrected chi connectivity index (χ3v) is 4.16. The van der Waals surface area contributed by atoms with E-state index < -0.39 is 0 Å². The highest BCUT2D eigenvalue weighted by molar-refractivity contribution is 6.42. The summed E-state index contributed by atoms with van der Waals surface area (Å²) in [7, 11) is 0. The highest BCUT2D eigenvalue weighted by Gasteiger charge is 2.11. The van der Waals surface area contributed by atoms with E-state index >= 15 is 0 Å². The smallest absolute Gasteiger partial charge is 0.251 e. The molecule has 0 radical (unpaired) electrons. The van der Waals surface area contributed by atoms with Crippen LogP contribution < -0.4 is 5.32 Å². The predicted molar refractivity (Wildman–Crippen MR) is 94.1 cm³/mol. The van der Waals surface area contributed by atoms with Gasteiger partial charge in [-0.05, 0) is 35.9 Å². The second-order valence-corrected chi connectivity index (χ2v) is 6.00. The number of hydrogen-bond acceptors (Lipinski definition) is 3. The van der Waals surface area contributed by atoms with E-state index in [1.54, 1.807) is 29.4 Å². The largest absolute Gasteiger partial charge is 0.350 e. The standard InChI is InChI=1S/C17H17Cl2N3O2/c1-12(23)22(11-13-4-6-20-7-5-13)9-8-21-17(24)14-2-3-15(18)16(19)10-14/h2-7,10H,8-9,11H2,1H3,(H,21,24). The van der Waals surface area contributed by atoms with E-state index in [1.807, 2.05) is 12.1 Å². The number of halogens is 2. The average Bonchev–Trinajstić information content (AvgIpc) is 2.57. The van der Waals surface area contributed by atoms with E-state index in [2.05, 4.69) is 10.3 Å². The van der Waals surface area contributed by atoms with Gasteiger partial charge in [0.05, 0.1) is 10.0 Å². The molecule has 7 heteroatoms. The van der Waals surface area contributed by atoms with Gasteiger partial charge in [-0.15, -0.1) is 0 Å². The number of nitrogens with one attached hydrogen (secondary N) is 1. The van der Waals surface area contributed by atoms with Gasteiger partial charge in [0, 0.05) is 44.5 Å². The van der Waals surface area contributed by atoms with Crippen LogP contribution >= 0.6 is 23.2 Å². The van der Waals surface area contributed by atoms with Crippen molar-refractivity contribution in [1.29, 1.82) is 0 Å². The van der Waals surface area contributed by atoms with Gasteiger partial charge in [-0.25, -0.2) is 0 Å². The molecule has 2 amide bonds. The normalized spacial score (nSPS) is 10.3. The topological polar surface area (TPSA) is 62.3 Å². The molecule has 0 saturated heterocycles. The van der Waals surface area contributed by atoms with Gasteiger partial charge in [-0.1, -0.05) is 23.2 Å². The summed E-state index contributed by atoms with van der Waals surface area (Å²) in [6.07, 6.45) is 3.36. The van der Waals surface area contributed by atoms with Crippen molar-refractivity contribution < 1.29 is 9.59 Å². The fourth-order valence-corrected chi connectivity index (χ4v) is 2.40. The molecule has 0 fully saturated rings. The molecule has 1 heterocycles. The van der Waals surface area contributed by atoms with Crippen molar-refractivity contribution >= 4 is 35.0 Å². The molecule has 1 aromatic heterocycles. The lowest BCUT2D eigenvalue weighted by Gasteiger charge is -2.21. The van der Waals surface area contributed by atoms with Gasteiger partial charge >= 0.3 is 0 Å². The van der Waals surface area contributed by atoms with Crippen LogP contribution in [0.5, 0.6) is 0 Å². The summed E-state index contributed by atoms with van der Waals surface area (Å²) in [6.45, 7) is 2.72. The number of benzene rings is 1. The zero-order chi connectivity index (χ0) is 17.5. The first-order valence-corrected chi connectivity index (χ1v) is 8.10. The van der Waals surface area contributed by atoms with Crippen molar-refractivity contribution in [1.82, 2.24) is 15.2 Å². The number of nitrogens with zero attached hydrogens (tertiary/aromatic N) is 2. The molecule has 0 aliphatic carbocycles. The first kappa shape index (κ1) is 18.2. The molecule has 0 bridgehead atoms. The number of carbonyl (C=O) groups is 2. The minimum Gasteiger partial charge on any atom is -0.350 e. The number of carbonyl (C=O) groups excluding carboxylic acids is 2. The molecule has 0 aliphatic heterocycles. The third kappa shape index (κ3) is 5.22. The molecule has 126 valence electrons. The highest BCUT2D eigenvalue weighted by atomic mass is 35.5. The molecular formula is C17H17Cl2N3O2. The summed E-state index contributed by atoms with van der Waals surface area (Å²) in [5.74, 6) is -0.323. The Morgan fingerprint density at radius 3 is 2.46 bits per heavy atom. The number of rotatable bonds is 6. The summed E-state index contributed by atoms with van der Waals surface area (Å²) in [5.41, 5.74) is 1.41. The van der Waals surface area contributed by atoms with E-state index in [1.165, 1.54) is 13.0 Å². The monoisotopic (exact) mass is 365 g/mol. The fourth-order valence-electron chi connectivity index (χ4n) is 2.10. The number of hydrogen-bond donors (Lipinski definition) is 1. The van der Waals surface area contributed by atoms with E-state index in [9.17, 15) is 9.59 Å². The van der Waals surface area contributed by atoms with Gasteiger partial charge in [-0.3, -0.25) is 14.6 Å². The molecule has 2 aromatic rings. The van der Waals surface area contributed by atoms with Crippen LogP contribution in [0, 0.1) is 0 Å². The Balaban J connectivity index is 1.89. The summed E-state index contributed by atoms with van der Waals surface area (Å²) >= 11 is 11.7. The molecule has 0 aliphatic rings. The van der Waals surface area contributed by atoms with Gasteiger partial charge in [-0.2, -0.15) is 0 Å². The van der Waals surface area contributed by atoms with Crippen LogP contribution in [-0.4, -0.2) is 34.8 Å². The molecule has 0 spiro atoms. The lowest BCUT2D eigenvalue weighted by molar-refractivity contribution is -0.129. The third-order valence-electron chi connectivity index (χ3n) is 3.42. The van der Waals surface area contributed by atoms with Crippen LogP contribution in [0.1, 0.15) is 22.8 Å². The van der Waals surface area contributed by atoms with Gasteiger partial charge < -0.3 is 10.2 Å². The van der Waals surface area contributed by atoms with Crippen molar-refractivity contribution in [3.63, 3.8) is 0 Å². The van der Waals surface area contributed by atoms with Crippen LogP contribution in [-0.2, 0) is 11.3 Å². The van der Waals surface area contributed by atoms with Crippen LogP contribution in [0.2, 0.25) is 10.0 Å². The summed E-state index contributed by atoms with van der Waals surface area (Å²) in [6, 6.07) is 8.39. The van der Waals surface area contributed by atoms with Crippen molar-refractivity contribution in [3.05, 3.63) is 63.9 Å². The Bertz CT molecular complexity index is 723. The second-order valence-electron chi connectivity index (χ2n) is 5.18. The molecule has 1 N–H and O–H groups in total. The molecule has 0 atom stereocenters. The van der Waals surface area contributed by atoms with E-state index in [4.69, 9.17) is 23.2 Å². The maximum absolute atomic E-state index is 12.1. The van der Waals surface area contributed by atoms with Gasteiger partial charge in [0.25, 0.3) is 5.91 Å². The van der Waals surface area contributed by atoms with Crippen molar-refractivity contribution in [3.8, 4) is 0 Å². The summed E-state index contributed by atoms with van der Waals surface area (Å²) < 4.78 is 0. The first-order chi connectivity index (χ1) is 11.5. The molecule has 24 heavy (non-hydrogen) atoms. The Morgan fingerprint density at radius 2 is 1.83 bits per heavy atom. The van der Waals surface area contributed by atoms with Crippen LogP contribution in [0.25, 0.3) is 0 Å². The maximum atomic E-state index is 12.1. The Labute approximate surface area is 150 Å². The molecule has 1 aromatic carbocycles. The lowest BCUT2D eigenvalue weighted by atomic mass is 10.2.